The molecule has 0 spiro atoms. The maximum absolute atomic E-state index is 12.5. The Kier molecular flexibility index (Phi) is 5.65. The smallest absolute Gasteiger partial charge is 0.248 e. The van der Waals surface area contributed by atoms with Gasteiger partial charge in [0.25, 0.3) is 0 Å². The van der Waals surface area contributed by atoms with E-state index in [1.807, 2.05) is 0 Å². The van der Waals surface area contributed by atoms with Crippen LogP contribution in [0.2, 0.25) is 0 Å². The lowest BCUT2D eigenvalue weighted by atomic mass is 9.65. The summed E-state index contributed by atoms with van der Waals surface area (Å²) in [5, 5.41) is 2.92. The topological polar surface area (TPSA) is 98.2 Å². The van der Waals surface area contributed by atoms with Crippen LogP contribution in [0, 0.1) is 17.8 Å². The highest BCUT2D eigenvalue weighted by molar-refractivity contribution is 5.96. The predicted octanol–water partition coefficient (Wildman–Crippen LogP) is 2.30. The Morgan fingerprint density at radius 1 is 1.13 bits per heavy atom. The molecule has 5 N–H and O–H groups in total. The molecule has 126 valence electrons. The molecule has 1 aromatic rings. The molecule has 1 aromatic carbocycles. The van der Waals surface area contributed by atoms with E-state index in [2.05, 4.69) is 5.32 Å². The van der Waals surface area contributed by atoms with E-state index in [-0.39, 0.29) is 30.3 Å². The van der Waals surface area contributed by atoms with Crippen LogP contribution in [0.25, 0.3) is 0 Å². The van der Waals surface area contributed by atoms with E-state index >= 15 is 0 Å². The van der Waals surface area contributed by atoms with Gasteiger partial charge in [-0.05, 0) is 55.7 Å². The van der Waals surface area contributed by atoms with Crippen molar-refractivity contribution in [1.82, 2.24) is 0 Å². The third-order valence-electron chi connectivity index (χ3n) is 5.20. The normalized spacial score (nSPS) is 29.3. The van der Waals surface area contributed by atoms with Crippen molar-refractivity contribution in [2.75, 3.05) is 5.32 Å². The molecular weight excluding hydrogens is 314 g/mol. The van der Waals surface area contributed by atoms with Gasteiger partial charge < -0.3 is 16.8 Å². The Morgan fingerprint density at radius 2 is 1.78 bits per heavy atom. The minimum absolute atomic E-state index is 0. The average Bonchev–Trinajstić information content (AvgIpc) is 2.47. The molecule has 2 aliphatic rings. The van der Waals surface area contributed by atoms with Crippen LogP contribution in [0.3, 0.4) is 0 Å². The third kappa shape index (κ3) is 3.85. The van der Waals surface area contributed by atoms with Crippen molar-refractivity contribution in [3.63, 3.8) is 0 Å². The molecule has 0 radical (unpaired) electrons. The molecule has 6 heteroatoms. The second-order valence-corrected chi connectivity index (χ2v) is 6.63. The fraction of sp³-hybridized carbons (Fsp3) is 0.529. The van der Waals surface area contributed by atoms with Crippen LogP contribution in [-0.2, 0) is 4.79 Å². The minimum Gasteiger partial charge on any atom is -0.366 e. The number of anilines is 1. The fourth-order valence-electron chi connectivity index (χ4n) is 4.00. The van der Waals surface area contributed by atoms with Crippen molar-refractivity contribution in [1.29, 1.82) is 0 Å². The number of primary amides is 1. The van der Waals surface area contributed by atoms with Crippen molar-refractivity contribution in [2.24, 2.45) is 29.2 Å². The highest BCUT2D eigenvalue weighted by atomic mass is 35.5. The van der Waals surface area contributed by atoms with Crippen molar-refractivity contribution >= 4 is 29.9 Å². The van der Waals surface area contributed by atoms with E-state index in [1.54, 1.807) is 24.3 Å². The van der Waals surface area contributed by atoms with Gasteiger partial charge in [-0.3, -0.25) is 9.59 Å². The zero-order chi connectivity index (χ0) is 15.7. The Balaban J connectivity index is 0.00000192. The lowest BCUT2D eigenvalue weighted by Crippen LogP contribution is -2.48. The van der Waals surface area contributed by atoms with Gasteiger partial charge in [0.15, 0.2) is 0 Å². The maximum Gasteiger partial charge on any atom is 0.248 e. The van der Waals surface area contributed by atoms with Gasteiger partial charge in [0, 0.05) is 23.2 Å². The number of carbonyl (C=O) groups is 2. The summed E-state index contributed by atoms with van der Waals surface area (Å²) >= 11 is 0. The van der Waals surface area contributed by atoms with Gasteiger partial charge in [0.2, 0.25) is 11.8 Å². The predicted molar refractivity (Wildman–Crippen MR) is 92.4 cm³/mol. The van der Waals surface area contributed by atoms with Gasteiger partial charge in [-0.1, -0.05) is 12.5 Å². The standard InChI is InChI=1S/C17H23N3O2.ClH/c18-15-10-3-1-4-11(15)8-13(7-10)17(22)20-14-6-2-5-12(9-14)16(19)21;/h2,5-6,9-11,13,15H,1,3-4,7-8,18H2,(H2,19,21)(H,20,22);1H. The molecule has 3 rings (SSSR count). The van der Waals surface area contributed by atoms with Crippen LogP contribution in [0.4, 0.5) is 5.69 Å². The number of rotatable bonds is 3. The summed E-state index contributed by atoms with van der Waals surface area (Å²) in [6.45, 7) is 0. The number of amides is 2. The van der Waals surface area contributed by atoms with Crippen LogP contribution in [-0.4, -0.2) is 17.9 Å². The highest BCUT2D eigenvalue weighted by Gasteiger charge is 2.40. The van der Waals surface area contributed by atoms with E-state index in [4.69, 9.17) is 11.5 Å². The Labute approximate surface area is 142 Å². The number of hydrogen-bond acceptors (Lipinski definition) is 3. The summed E-state index contributed by atoms with van der Waals surface area (Å²) in [5.41, 5.74) is 12.6. The van der Waals surface area contributed by atoms with Crippen molar-refractivity contribution in [2.45, 2.75) is 38.1 Å². The first kappa shape index (κ1) is 17.8. The van der Waals surface area contributed by atoms with Gasteiger partial charge >= 0.3 is 0 Å². The van der Waals surface area contributed by atoms with Crippen molar-refractivity contribution in [3.05, 3.63) is 29.8 Å². The Hall–Kier alpha value is -1.59. The Bertz CT molecular complexity index is 579. The molecule has 0 aliphatic heterocycles. The molecule has 2 aliphatic carbocycles. The SMILES string of the molecule is Cl.NC(=O)c1cccc(NC(=O)C2CC3CCCC(C2)C3N)c1. The number of halogens is 1. The summed E-state index contributed by atoms with van der Waals surface area (Å²) in [6.07, 6.45) is 5.26. The minimum atomic E-state index is -0.491. The number of nitrogens with one attached hydrogen (secondary N) is 1. The number of benzene rings is 1. The second kappa shape index (κ2) is 7.32. The van der Waals surface area contributed by atoms with E-state index in [9.17, 15) is 9.59 Å². The Morgan fingerprint density at radius 3 is 2.39 bits per heavy atom. The van der Waals surface area contributed by atoms with Crippen LogP contribution in [0.1, 0.15) is 42.5 Å². The zero-order valence-corrected chi connectivity index (χ0v) is 13.9. The highest BCUT2D eigenvalue weighted by Crippen LogP contribution is 2.42. The summed E-state index contributed by atoms with van der Waals surface area (Å²) < 4.78 is 0. The average molecular weight is 338 g/mol. The molecule has 2 unspecified atom stereocenters. The van der Waals surface area contributed by atoms with Crippen LogP contribution in [0.15, 0.2) is 24.3 Å². The fourth-order valence-corrected chi connectivity index (χ4v) is 4.00. The first-order valence-corrected chi connectivity index (χ1v) is 8.01. The van der Waals surface area contributed by atoms with Crippen LogP contribution in [0.5, 0.6) is 0 Å². The molecule has 2 fully saturated rings. The van der Waals surface area contributed by atoms with Gasteiger partial charge in [0.1, 0.15) is 0 Å². The molecule has 0 saturated heterocycles. The van der Waals surface area contributed by atoms with Crippen LogP contribution >= 0.6 is 12.4 Å². The lowest BCUT2D eigenvalue weighted by molar-refractivity contribution is -0.122. The number of hydrogen-bond donors (Lipinski definition) is 3. The quantitative estimate of drug-likeness (QED) is 0.789. The van der Waals surface area contributed by atoms with E-state index < -0.39 is 5.91 Å². The van der Waals surface area contributed by atoms with Gasteiger partial charge in [-0.2, -0.15) is 0 Å². The summed E-state index contributed by atoms with van der Waals surface area (Å²) in [6, 6.07) is 7.02. The molecular formula is C17H24ClN3O2. The number of nitrogens with two attached hydrogens (primary N) is 2. The monoisotopic (exact) mass is 337 g/mol. The molecule has 2 bridgehead atoms. The molecule has 2 amide bonds. The van der Waals surface area contributed by atoms with E-state index in [1.165, 1.54) is 6.42 Å². The molecule has 5 nitrogen and oxygen atoms in total. The van der Waals surface area contributed by atoms with Gasteiger partial charge in [0.05, 0.1) is 0 Å². The summed E-state index contributed by atoms with van der Waals surface area (Å²) in [7, 11) is 0. The summed E-state index contributed by atoms with van der Waals surface area (Å²) in [5.74, 6) is 0.507. The third-order valence-corrected chi connectivity index (χ3v) is 5.20. The lowest BCUT2D eigenvalue weighted by Gasteiger charge is -2.43. The molecule has 2 atom stereocenters. The first-order valence-electron chi connectivity index (χ1n) is 8.01. The zero-order valence-electron chi connectivity index (χ0n) is 13.0. The van der Waals surface area contributed by atoms with E-state index in [0.29, 0.717) is 23.1 Å². The largest absolute Gasteiger partial charge is 0.366 e. The second-order valence-electron chi connectivity index (χ2n) is 6.63. The molecule has 23 heavy (non-hydrogen) atoms. The molecule has 0 heterocycles. The van der Waals surface area contributed by atoms with Crippen molar-refractivity contribution < 1.29 is 9.59 Å². The molecule has 2 saturated carbocycles. The van der Waals surface area contributed by atoms with E-state index in [0.717, 1.165) is 25.7 Å². The van der Waals surface area contributed by atoms with Gasteiger partial charge in [-0.15, -0.1) is 12.4 Å². The number of fused-ring (bicyclic) bond motifs is 2. The summed E-state index contributed by atoms with van der Waals surface area (Å²) in [4.78, 5) is 23.7. The van der Waals surface area contributed by atoms with Gasteiger partial charge in [-0.25, -0.2) is 0 Å². The maximum atomic E-state index is 12.5. The van der Waals surface area contributed by atoms with Crippen LogP contribution < -0.4 is 16.8 Å². The number of carbonyl (C=O) groups excluding carboxylic acids is 2. The first-order chi connectivity index (χ1) is 10.5. The van der Waals surface area contributed by atoms with Crippen molar-refractivity contribution in [3.8, 4) is 0 Å². The molecule has 0 aromatic heterocycles.